The van der Waals surface area contributed by atoms with Crippen LogP contribution in [0.1, 0.15) is 380 Å². The molecule has 5 aliphatic carbocycles. The fraction of sp³-hybridized carbons (Fsp3) is 0.524. The molecule has 10 aromatic carbocycles. The molecule has 126 heavy (non-hydrogen) atoms. The third-order valence-electron chi connectivity index (χ3n) is 34.4. The number of hydrogen-bond donors (Lipinski definition) is 0. The Morgan fingerprint density at radius 1 is 0.190 bits per heavy atom. The minimum atomic E-state index is -0.170. The van der Waals surface area contributed by atoms with E-state index in [1.807, 2.05) is 0 Å². The van der Waals surface area contributed by atoms with Crippen molar-refractivity contribution in [3.63, 3.8) is 0 Å². The van der Waals surface area contributed by atoms with Crippen molar-refractivity contribution in [2.24, 2.45) is 71.0 Å². The van der Waals surface area contributed by atoms with Crippen molar-refractivity contribution in [2.75, 3.05) is 0 Å². The second-order valence-electron chi connectivity index (χ2n) is 44.8. The van der Waals surface area contributed by atoms with E-state index in [0.717, 1.165) is 63.2 Å². The van der Waals surface area contributed by atoms with Gasteiger partial charge in [-0.2, -0.15) is 0 Å². The summed E-state index contributed by atoms with van der Waals surface area (Å²) >= 11 is 0. The van der Waals surface area contributed by atoms with E-state index in [1.54, 1.807) is 55.6 Å². The molecule has 0 heteroatoms. The summed E-state index contributed by atoms with van der Waals surface area (Å²) in [5.41, 5.74) is 42.2. The van der Waals surface area contributed by atoms with Gasteiger partial charge in [0.05, 0.1) is 0 Å². The van der Waals surface area contributed by atoms with Crippen LogP contribution in [-0.4, -0.2) is 0 Å². The van der Waals surface area contributed by atoms with Gasteiger partial charge in [-0.25, -0.2) is 0 Å². The summed E-state index contributed by atoms with van der Waals surface area (Å²) in [5, 5.41) is 0. The summed E-state index contributed by atoms with van der Waals surface area (Å²) in [6.45, 7) is 56.9. The van der Waals surface area contributed by atoms with Crippen molar-refractivity contribution in [2.45, 2.75) is 353 Å². The Hall–Kier alpha value is -7.80. The summed E-state index contributed by atoms with van der Waals surface area (Å²) in [7, 11) is 0. The Morgan fingerprint density at radius 3 is 0.619 bits per heavy atom. The monoisotopic (exact) mass is 1680 g/mol. The molecule has 0 bridgehead atoms. The standard InChI is InChI=1S/C126H164/c1-24-83(13)73-123(74-84(14)25-2)112-41-33-32-40-102(112)104-52-43-96(67-116(104)123)99-48-57-109-111-59-50-101(72-121(111)126(119(109)70-99,79-89(19)30-7)80-90(20)31-8)100-49-58-110-108-56-47-98(69-118(108)125(120(110)71-100,77-87(17)28-5)78-88(18)29-6)95-45-54-106-105-53-44-94(97-46-55-107-103-51-42-93(23)64-113(103)124(117(107)68-97,75-85(15)26-3)76-86(16)27-4)65-114(105)122(115(106)66-95,62-60-91(21)38-34-36-81(9)10)63-61-92(22)39-35-37-82(11)12/h32-33,40-59,64-72,81-92H,24-31,34-39,60-63,73-80H2,1-23H3/t83-,84-,85?,86?,87-,88-,89-,90-,91-,92-,124?/m0/s1. The summed E-state index contributed by atoms with van der Waals surface area (Å²) in [5.74, 6) is 7.39. The molecular formula is C126H164. The number of rotatable bonds is 42. The van der Waals surface area contributed by atoms with Crippen LogP contribution in [0.3, 0.4) is 0 Å². The van der Waals surface area contributed by atoms with Crippen molar-refractivity contribution < 1.29 is 0 Å². The predicted octanol–water partition coefficient (Wildman–Crippen LogP) is 38.0. The second kappa shape index (κ2) is 38.7. The molecule has 668 valence electrons. The van der Waals surface area contributed by atoms with Gasteiger partial charge in [0.25, 0.3) is 0 Å². The molecule has 0 nitrogen and oxygen atoms in total. The van der Waals surface area contributed by atoms with E-state index in [1.165, 1.54) is 221 Å². The lowest BCUT2D eigenvalue weighted by atomic mass is 9.65. The quantitative estimate of drug-likeness (QED) is 0.0358. The number of fused-ring (bicyclic) bond motifs is 15. The van der Waals surface area contributed by atoms with Gasteiger partial charge in [-0.05, 0) is 359 Å². The Bertz CT molecular complexity index is 5390. The van der Waals surface area contributed by atoms with Crippen molar-refractivity contribution >= 4 is 0 Å². The van der Waals surface area contributed by atoms with Crippen LogP contribution in [-0.2, 0) is 27.1 Å². The van der Waals surface area contributed by atoms with E-state index in [-0.39, 0.29) is 27.1 Å². The first kappa shape index (κ1) is 92.9. The fourth-order valence-electron chi connectivity index (χ4n) is 25.7. The highest BCUT2D eigenvalue weighted by Crippen LogP contribution is 2.64. The first-order valence-electron chi connectivity index (χ1n) is 52.0. The zero-order valence-corrected chi connectivity index (χ0v) is 83.2. The highest BCUT2D eigenvalue weighted by molar-refractivity contribution is 5.93. The molecule has 0 radical (unpaired) electrons. The minimum absolute atomic E-state index is 0.0130. The van der Waals surface area contributed by atoms with Crippen molar-refractivity contribution in [3.05, 3.63) is 249 Å². The van der Waals surface area contributed by atoms with Crippen LogP contribution >= 0.6 is 0 Å². The van der Waals surface area contributed by atoms with Crippen LogP contribution in [0.4, 0.5) is 0 Å². The Labute approximate surface area is 768 Å². The highest BCUT2D eigenvalue weighted by Gasteiger charge is 2.51. The molecule has 2 unspecified atom stereocenters. The molecule has 15 rings (SSSR count). The molecule has 0 saturated carbocycles. The van der Waals surface area contributed by atoms with Crippen LogP contribution in [0.5, 0.6) is 0 Å². The van der Waals surface area contributed by atoms with Gasteiger partial charge >= 0.3 is 0 Å². The van der Waals surface area contributed by atoms with Crippen molar-refractivity contribution in [3.8, 4) is 100 Å². The van der Waals surface area contributed by atoms with Gasteiger partial charge < -0.3 is 0 Å². The zero-order valence-electron chi connectivity index (χ0n) is 83.2. The van der Waals surface area contributed by atoms with Crippen LogP contribution in [0.2, 0.25) is 0 Å². The topological polar surface area (TPSA) is 0 Å². The normalized spacial score (nSPS) is 18.4. The number of hydrogen-bond acceptors (Lipinski definition) is 0. The van der Waals surface area contributed by atoms with Gasteiger partial charge in [-0.3, -0.25) is 0 Å². The van der Waals surface area contributed by atoms with Crippen LogP contribution in [0.15, 0.2) is 188 Å². The lowest BCUT2D eigenvalue weighted by Crippen LogP contribution is -2.30. The van der Waals surface area contributed by atoms with E-state index in [4.69, 9.17) is 0 Å². The van der Waals surface area contributed by atoms with E-state index in [0.29, 0.717) is 59.2 Å². The largest absolute Gasteiger partial charge is 0.0651 e. The molecule has 0 aliphatic heterocycles. The first-order chi connectivity index (χ1) is 60.6. The fourth-order valence-corrected chi connectivity index (χ4v) is 25.7. The van der Waals surface area contributed by atoms with Gasteiger partial charge in [0.15, 0.2) is 0 Å². The van der Waals surface area contributed by atoms with E-state index in [9.17, 15) is 0 Å². The number of aryl methyl sites for hydroxylation is 1. The smallest absolute Gasteiger partial charge is 0.0220 e. The van der Waals surface area contributed by atoms with E-state index in [2.05, 4.69) is 347 Å². The van der Waals surface area contributed by atoms with Crippen LogP contribution in [0, 0.1) is 77.9 Å². The average Bonchev–Trinajstić information content (AvgIpc) is 1.56. The molecule has 0 aromatic heterocycles. The maximum atomic E-state index is 2.79. The third kappa shape index (κ3) is 17.6. The lowest BCUT2D eigenvalue weighted by molar-refractivity contribution is 0.308. The average molecular weight is 1680 g/mol. The van der Waals surface area contributed by atoms with Crippen LogP contribution in [0.25, 0.3) is 100 Å². The maximum Gasteiger partial charge on any atom is 0.0220 e. The van der Waals surface area contributed by atoms with E-state index >= 15 is 0 Å². The molecular weight excluding hydrogens is 1510 g/mol. The molecule has 0 heterocycles. The lowest BCUT2D eigenvalue weighted by Gasteiger charge is -2.38. The van der Waals surface area contributed by atoms with Crippen molar-refractivity contribution in [1.82, 2.24) is 0 Å². The zero-order chi connectivity index (χ0) is 89.5. The predicted molar refractivity (Wildman–Crippen MR) is 551 cm³/mol. The summed E-state index contributed by atoms with van der Waals surface area (Å²) in [6, 6.07) is 79.8. The van der Waals surface area contributed by atoms with Gasteiger partial charge in [0, 0.05) is 27.1 Å². The van der Waals surface area contributed by atoms with Gasteiger partial charge in [0.2, 0.25) is 0 Å². The summed E-state index contributed by atoms with van der Waals surface area (Å²) in [6.07, 6.45) is 31.3. The molecule has 10 atom stereocenters. The summed E-state index contributed by atoms with van der Waals surface area (Å²) in [4.78, 5) is 0. The molecule has 0 saturated heterocycles. The highest BCUT2D eigenvalue weighted by atomic mass is 14.5. The number of benzene rings is 10. The Kier molecular flexibility index (Phi) is 28.5. The van der Waals surface area contributed by atoms with Gasteiger partial charge in [-0.15, -0.1) is 0 Å². The summed E-state index contributed by atoms with van der Waals surface area (Å²) < 4.78 is 0. The molecule has 10 aromatic rings. The second-order valence-corrected chi connectivity index (χ2v) is 44.8. The van der Waals surface area contributed by atoms with E-state index < -0.39 is 0 Å². The molecule has 5 aliphatic rings. The Morgan fingerprint density at radius 2 is 0.389 bits per heavy atom. The molecule has 0 amide bonds. The Balaban J connectivity index is 0.847. The minimum Gasteiger partial charge on any atom is -0.0651 e. The van der Waals surface area contributed by atoms with Gasteiger partial charge in [-0.1, -0.05) is 387 Å². The molecule has 0 fully saturated rings. The maximum absolute atomic E-state index is 2.79. The first-order valence-corrected chi connectivity index (χ1v) is 52.0. The third-order valence-corrected chi connectivity index (χ3v) is 34.4. The molecule has 0 spiro atoms. The molecule has 0 N–H and O–H groups in total. The van der Waals surface area contributed by atoms with Crippen LogP contribution < -0.4 is 0 Å². The SMILES string of the molecule is CCC(C)CC1(CC(C)CC)c2cc(C)ccc2-c2ccc(-c3ccc4c(c3)C(CC[C@@H](C)CCCC(C)C)(CC[C@@H](C)CCCC(C)C)c3cc(-c5ccc6c(c5)C(C[C@@H](C)CC)(C[C@@H](C)CC)c5cc(-c7ccc8c(c7)C(C[C@@H](C)CC)(C[C@@H](C)CC)c7cc(-c9ccc%10c(c9)C(C[C@@H](C)CC)(C[C@@H](C)CC)c9ccccc9-%10)ccc7-8)ccc5-6)ccc3-4)cc21. The van der Waals surface area contributed by atoms with Gasteiger partial charge in [0.1, 0.15) is 0 Å². The van der Waals surface area contributed by atoms with Crippen molar-refractivity contribution in [1.29, 1.82) is 0 Å².